The molecule has 0 fully saturated rings. The van der Waals surface area contributed by atoms with Crippen molar-refractivity contribution in [2.45, 2.75) is 60.3 Å². The molecule has 0 amide bonds. The molecule has 0 radical (unpaired) electrons. The van der Waals surface area contributed by atoms with Crippen LogP contribution in [0.25, 0.3) is 11.0 Å². The lowest BCUT2D eigenvalue weighted by atomic mass is 10.1. The molecule has 0 aliphatic rings. The summed E-state index contributed by atoms with van der Waals surface area (Å²) in [6, 6.07) is 1.76. The Morgan fingerprint density at radius 2 is 1.83 bits per heavy atom. The molecular formula is C19H26F2O2. The number of aryl methyl sites for hydroxylation is 2. The molecule has 0 aliphatic carbocycles. The van der Waals surface area contributed by atoms with Crippen molar-refractivity contribution in [3.8, 4) is 5.75 Å². The third-order valence-corrected chi connectivity index (χ3v) is 3.39. The number of hydrogen-bond acceptors (Lipinski definition) is 2. The standard InChI is InChI=1S/C17H20F2O2.C2H6/c1-5-7-10(3)20-16-11(4)13-9-12(8-6-2)21-17(13)15(19)14(16)18;1-2/h9H,3,5-8H2,1-2,4H3;1-2H3. The van der Waals surface area contributed by atoms with Crippen molar-refractivity contribution in [3.05, 3.63) is 41.4 Å². The van der Waals surface area contributed by atoms with Crippen molar-refractivity contribution in [3.63, 3.8) is 0 Å². The van der Waals surface area contributed by atoms with Crippen LogP contribution in [0.3, 0.4) is 0 Å². The molecule has 128 valence electrons. The van der Waals surface area contributed by atoms with E-state index in [1.807, 2.05) is 27.7 Å². The van der Waals surface area contributed by atoms with E-state index in [0.29, 0.717) is 35.3 Å². The molecule has 0 unspecified atom stereocenters. The van der Waals surface area contributed by atoms with Gasteiger partial charge in [-0.25, -0.2) is 0 Å². The molecule has 2 nitrogen and oxygen atoms in total. The lowest BCUT2D eigenvalue weighted by molar-refractivity contribution is 0.364. The molecule has 0 atom stereocenters. The van der Waals surface area contributed by atoms with Crippen LogP contribution in [0, 0.1) is 18.6 Å². The van der Waals surface area contributed by atoms with Crippen molar-refractivity contribution in [2.24, 2.45) is 0 Å². The van der Waals surface area contributed by atoms with E-state index < -0.39 is 11.6 Å². The highest BCUT2D eigenvalue weighted by molar-refractivity contribution is 5.84. The van der Waals surface area contributed by atoms with Gasteiger partial charge in [-0.2, -0.15) is 8.78 Å². The summed E-state index contributed by atoms with van der Waals surface area (Å²) in [6.45, 7) is 13.4. The number of furan rings is 1. The van der Waals surface area contributed by atoms with Crippen LogP contribution >= 0.6 is 0 Å². The second-order valence-corrected chi connectivity index (χ2v) is 5.18. The fourth-order valence-electron chi connectivity index (χ4n) is 2.34. The fourth-order valence-corrected chi connectivity index (χ4v) is 2.34. The predicted molar refractivity (Wildman–Crippen MR) is 90.9 cm³/mol. The Hall–Kier alpha value is -1.84. The van der Waals surface area contributed by atoms with Gasteiger partial charge in [0.25, 0.3) is 0 Å². The largest absolute Gasteiger partial charge is 0.459 e. The van der Waals surface area contributed by atoms with Gasteiger partial charge in [0.05, 0.1) is 5.76 Å². The molecule has 0 aliphatic heterocycles. The quantitative estimate of drug-likeness (QED) is 0.552. The summed E-state index contributed by atoms with van der Waals surface area (Å²) < 4.78 is 39.2. The van der Waals surface area contributed by atoms with Crippen molar-refractivity contribution in [1.29, 1.82) is 0 Å². The molecule has 2 rings (SSSR count). The van der Waals surface area contributed by atoms with Gasteiger partial charge in [0.2, 0.25) is 11.6 Å². The second-order valence-electron chi connectivity index (χ2n) is 5.18. The topological polar surface area (TPSA) is 22.4 Å². The molecular weight excluding hydrogens is 298 g/mol. The zero-order chi connectivity index (χ0) is 17.6. The molecule has 0 saturated heterocycles. The van der Waals surface area contributed by atoms with Gasteiger partial charge in [0.15, 0.2) is 11.3 Å². The van der Waals surface area contributed by atoms with E-state index in [2.05, 4.69) is 6.58 Å². The zero-order valence-corrected chi connectivity index (χ0v) is 14.7. The third-order valence-electron chi connectivity index (χ3n) is 3.39. The Labute approximate surface area is 137 Å². The number of hydrogen-bond donors (Lipinski definition) is 0. The van der Waals surface area contributed by atoms with E-state index >= 15 is 0 Å². The lowest BCUT2D eigenvalue weighted by Gasteiger charge is -2.12. The van der Waals surface area contributed by atoms with Crippen LogP contribution in [0.4, 0.5) is 8.78 Å². The van der Waals surface area contributed by atoms with E-state index in [4.69, 9.17) is 9.15 Å². The molecule has 0 bridgehead atoms. The Kier molecular flexibility index (Phi) is 7.27. The first-order chi connectivity index (χ1) is 11.0. The fraction of sp³-hybridized carbons (Fsp3) is 0.474. The molecule has 0 N–H and O–H groups in total. The predicted octanol–water partition coefficient (Wildman–Crippen LogP) is 6.69. The van der Waals surface area contributed by atoms with E-state index in [9.17, 15) is 8.78 Å². The Morgan fingerprint density at radius 1 is 1.17 bits per heavy atom. The molecule has 23 heavy (non-hydrogen) atoms. The van der Waals surface area contributed by atoms with Crippen molar-refractivity contribution < 1.29 is 17.9 Å². The third kappa shape index (κ3) is 4.12. The number of benzene rings is 1. The molecule has 2 aromatic rings. The summed E-state index contributed by atoms with van der Waals surface area (Å²) >= 11 is 0. The van der Waals surface area contributed by atoms with E-state index in [1.165, 1.54) is 0 Å². The number of halogens is 2. The van der Waals surface area contributed by atoms with Gasteiger partial charge in [-0.1, -0.05) is 34.3 Å². The van der Waals surface area contributed by atoms with E-state index in [-0.39, 0.29) is 11.3 Å². The monoisotopic (exact) mass is 324 g/mol. The first-order valence-electron chi connectivity index (χ1n) is 8.25. The van der Waals surface area contributed by atoms with Gasteiger partial charge in [0.1, 0.15) is 5.76 Å². The van der Waals surface area contributed by atoms with Crippen LogP contribution in [-0.2, 0) is 6.42 Å². The lowest BCUT2D eigenvalue weighted by Crippen LogP contribution is -2.00. The van der Waals surface area contributed by atoms with Crippen LogP contribution in [0.5, 0.6) is 5.75 Å². The normalized spacial score (nSPS) is 10.4. The van der Waals surface area contributed by atoms with Crippen molar-refractivity contribution >= 4 is 11.0 Å². The minimum atomic E-state index is -1.02. The number of rotatable bonds is 6. The maximum Gasteiger partial charge on any atom is 0.205 e. The minimum Gasteiger partial charge on any atom is -0.459 e. The van der Waals surface area contributed by atoms with Gasteiger partial charge in [-0.15, -0.1) is 0 Å². The maximum atomic E-state index is 14.2. The van der Waals surface area contributed by atoms with Gasteiger partial charge >= 0.3 is 0 Å². The SMILES string of the molecule is C=C(CCC)Oc1c(F)c(F)c2oc(CCC)cc2c1C.CC. The Bertz CT molecular complexity index is 672. The average molecular weight is 324 g/mol. The van der Waals surface area contributed by atoms with Gasteiger partial charge < -0.3 is 9.15 Å². The summed E-state index contributed by atoms with van der Waals surface area (Å²) in [5.74, 6) is -1.04. The van der Waals surface area contributed by atoms with Crippen LogP contribution in [0.1, 0.15) is 58.3 Å². The second kappa shape index (κ2) is 8.70. The molecule has 4 heteroatoms. The van der Waals surface area contributed by atoms with Crippen molar-refractivity contribution in [2.75, 3.05) is 0 Å². The summed E-state index contributed by atoms with van der Waals surface area (Å²) in [7, 11) is 0. The van der Waals surface area contributed by atoms with E-state index in [0.717, 1.165) is 12.8 Å². The smallest absolute Gasteiger partial charge is 0.205 e. The number of ether oxygens (including phenoxy) is 1. The number of allylic oxidation sites excluding steroid dienone is 1. The molecule has 1 aromatic heterocycles. The van der Waals surface area contributed by atoms with E-state index in [1.54, 1.807) is 13.0 Å². The molecule has 0 saturated carbocycles. The average Bonchev–Trinajstić information content (AvgIpc) is 2.96. The summed E-state index contributed by atoms with van der Waals surface area (Å²) in [5.41, 5.74) is 0.495. The maximum absolute atomic E-state index is 14.2. The van der Waals surface area contributed by atoms with Gasteiger partial charge in [0, 0.05) is 23.8 Å². The van der Waals surface area contributed by atoms with Crippen LogP contribution in [0.2, 0.25) is 0 Å². The molecule has 1 heterocycles. The van der Waals surface area contributed by atoms with Gasteiger partial charge in [-0.05, 0) is 25.8 Å². The highest BCUT2D eigenvalue weighted by Gasteiger charge is 2.23. The zero-order valence-electron chi connectivity index (χ0n) is 14.7. The highest BCUT2D eigenvalue weighted by Crippen LogP contribution is 2.36. The first kappa shape index (κ1) is 19.2. The van der Waals surface area contributed by atoms with Crippen LogP contribution < -0.4 is 4.74 Å². The van der Waals surface area contributed by atoms with Gasteiger partial charge in [-0.3, -0.25) is 0 Å². The Morgan fingerprint density at radius 3 is 2.39 bits per heavy atom. The molecule has 1 aromatic carbocycles. The van der Waals surface area contributed by atoms with Crippen LogP contribution in [-0.4, -0.2) is 0 Å². The summed E-state index contributed by atoms with van der Waals surface area (Å²) in [5, 5.41) is 0.552. The van der Waals surface area contributed by atoms with Crippen molar-refractivity contribution in [1.82, 2.24) is 0 Å². The Balaban J connectivity index is 0.00000127. The first-order valence-corrected chi connectivity index (χ1v) is 8.25. The highest BCUT2D eigenvalue weighted by atomic mass is 19.2. The minimum absolute atomic E-state index is 0.0399. The van der Waals surface area contributed by atoms with Crippen LogP contribution in [0.15, 0.2) is 22.8 Å². The molecule has 0 spiro atoms. The summed E-state index contributed by atoms with van der Waals surface area (Å²) in [4.78, 5) is 0. The summed E-state index contributed by atoms with van der Waals surface area (Å²) in [6.07, 6.45) is 3.00. The number of fused-ring (bicyclic) bond motifs is 1.